The fourth-order valence-electron chi connectivity index (χ4n) is 11.2. The number of fused-ring (bicyclic) bond motifs is 12. The highest BCUT2D eigenvalue weighted by Gasteiger charge is 2.25. The molecule has 0 fully saturated rings. The van der Waals surface area contributed by atoms with E-state index in [0.717, 1.165) is 82.7 Å². The van der Waals surface area contributed by atoms with E-state index in [9.17, 15) is 2.74 Å². The summed E-state index contributed by atoms with van der Waals surface area (Å²) in [6.07, 6.45) is 0. The highest BCUT2D eigenvalue weighted by molar-refractivity contribution is 6.13. The van der Waals surface area contributed by atoms with Crippen molar-refractivity contribution in [1.82, 2.24) is 28.2 Å². The Bertz CT molecular complexity index is 4690. The molecular formula is C64H40N6. The van der Waals surface area contributed by atoms with Crippen molar-refractivity contribution < 1.29 is 5.48 Å². The second kappa shape index (κ2) is 15.0. The fraction of sp³-hybridized carbons (Fsp3) is 0. The van der Waals surface area contributed by atoms with Crippen LogP contribution >= 0.6 is 0 Å². The van der Waals surface area contributed by atoms with Gasteiger partial charge in [-0.2, -0.15) is 0 Å². The molecule has 0 aliphatic rings. The minimum absolute atomic E-state index is 0.101. The molecule has 0 amide bonds. The predicted molar refractivity (Wildman–Crippen MR) is 290 cm³/mol. The summed E-state index contributed by atoms with van der Waals surface area (Å²) in [6.45, 7) is 0. The van der Waals surface area contributed by atoms with Crippen molar-refractivity contribution in [3.8, 4) is 45.5 Å². The van der Waals surface area contributed by atoms with E-state index in [0.29, 0.717) is 39.3 Å². The topological polar surface area (TPSA) is 45.5 Å². The molecular weight excluding hydrogens is 853 g/mol. The van der Waals surface area contributed by atoms with E-state index in [4.69, 9.17) is 12.7 Å². The Morgan fingerprint density at radius 3 is 1.17 bits per heavy atom. The van der Waals surface area contributed by atoms with Crippen LogP contribution in [0.5, 0.6) is 0 Å². The molecule has 0 spiro atoms. The largest absolute Gasteiger partial charge is 0.309 e. The third kappa shape index (κ3) is 5.56. The molecule has 10 aromatic carbocycles. The summed E-state index contributed by atoms with van der Waals surface area (Å²) in [5.74, 6) is 1.48. The van der Waals surface area contributed by atoms with Gasteiger partial charge in [-0.1, -0.05) is 170 Å². The van der Waals surface area contributed by atoms with Crippen LogP contribution in [0.25, 0.3) is 133 Å². The number of aromatic nitrogens is 6. The molecule has 6 nitrogen and oxygen atoms in total. The summed E-state index contributed by atoms with van der Waals surface area (Å²) in [5.41, 5.74) is 11.9. The quantitative estimate of drug-likeness (QED) is 0.167. The molecule has 0 N–H and O–H groups in total. The maximum atomic E-state index is 9.50. The molecule has 0 aliphatic carbocycles. The lowest BCUT2D eigenvalue weighted by molar-refractivity contribution is 0.991. The van der Waals surface area contributed by atoms with E-state index in [-0.39, 0.29) is 24.2 Å². The van der Waals surface area contributed by atoms with Crippen molar-refractivity contribution in [2.75, 3.05) is 0 Å². The average Bonchev–Trinajstić information content (AvgIpc) is 4.20. The van der Waals surface area contributed by atoms with Crippen LogP contribution in [-0.2, 0) is 0 Å². The van der Waals surface area contributed by atoms with Gasteiger partial charge in [-0.05, 0) is 77.8 Å². The summed E-state index contributed by atoms with van der Waals surface area (Å²) in [5, 5.41) is 7.91. The predicted octanol–water partition coefficient (Wildman–Crippen LogP) is 16.2. The van der Waals surface area contributed by atoms with Gasteiger partial charge < -0.3 is 9.13 Å². The Hall–Kier alpha value is -9.52. The van der Waals surface area contributed by atoms with E-state index >= 15 is 0 Å². The third-order valence-electron chi connectivity index (χ3n) is 14.1. The summed E-state index contributed by atoms with van der Waals surface area (Å²) in [4.78, 5) is 11.4. The molecule has 0 aliphatic heterocycles. The van der Waals surface area contributed by atoms with Gasteiger partial charge in [0.05, 0.1) is 60.9 Å². The van der Waals surface area contributed by atoms with Gasteiger partial charge in [-0.15, -0.1) is 0 Å². The maximum absolute atomic E-state index is 9.50. The van der Waals surface area contributed by atoms with Crippen LogP contribution < -0.4 is 0 Å². The van der Waals surface area contributed by atoms with Gasteiger partial charge in [0, 0.05) is 54.8 Å². The van der Waals surface area contributed by atoms with Crippen LogP contribution in [0.1, 0.15) is 5.48 Å². The lowest BCUT2D eigenvalue weighted by Crippen LogP contribution is -2.08. The molecule has 6 heteroatoms. The van der Waals surface area contributed by atoms with Crippen LogP contribution in [0.4, 0.5) is 0 Å². The first-order valence-corrected chi connectivity index (χ1v) is 23.5. The molecule has 5 heterocycles. The van der Waals surface area contributed by atoms with Crippen molar-refractivity contribution in [2.45, 2.75) is 0 Å². The summed E-state index contributed by atoms with van der Waals surface area (Å²) in [6, 6.07) is 74.8. The van der Waals surface area contributed by atoms with Crippen molar-refractivity contribution in [3.05, 3.63) is 243 Å². The van der Waals surface area contributed by atoms with Crippen molar-refractivity contribution >= 4 is 87.2 Å². The number of nitrogens with zero attached hydrogens (tertiary/aromatic N) is 6. The zero-order valence-electron chi connectivity index (χ0n) is 41.5. The number of hydrogen-bond donors (Lipinski definition) is 0. The standard InChI is InChI=1S/C64H40N6/c1-9-27-52-44(18-1)45-19-2-10-28-53(45)67(52)42-38-36-41(37-39-42)43-26-17-35-60(68-54-29-11-3-20-46(54)47-21-4-12-30-55(47)68)63(43)64-65-61(69-56-31-13-5-22-48(56)49-23-6-14-32-57(49)69)40-62(66-64)70-58-33-15-7-24-50(58)51-25-8-16-34-59(51)70/h1-40H/i5D,13D,22D,31D. The van der Waals surface area contributed by atoms with Gasteiger partial charge in [0.2, 0.25) is 0 Å². The average molecular weight is 897 g/mol. The lowest BCUT2D eigenvalue weighted by Gasteiger charge is -2.20. The van der Waals surface area contributed by atoms with E-state index in [1.807, 2.05) is 47.0 Å². The van der Waals surface area contributed by atoms with Gasteiger partial charge in [0.25, 0.3) is 0 Å². The normalized spacial score (nSPS) is 12.8. The van der Waals surface area contributed by atoms with Crippen LogP contribution in [0.15, 0.2) is 243 Å². The first-order valence-electron chi connectivity index (χ1n) is 25.5. The van der Waals surface area contributed by atoms with Crippen LogP contribution in [0.2, 0.25) is 0 Å². The Balaban J connectivity index is 1.07. The van der Waals surface area contributed by atoms with E-state index < -0.39 is 0 Å². The SMILES string of the molecule is [2H]c1c([2H])c([2H])c2c(c1[2H])c1ccccc1n2-c1cc(-n2c3ccccc3c3ccccc32)nc(-c2c(-c3ccc(-n4c5ccccc5c5ccccc54)cc3)cccc2-n2c3ccccc3c3ccccc32)n1. The Morgan fingerprint density at radius 1 is 0.314 bits per heavy atom. The van der Waals surface area contributed by atoms with E-state index in [1.54, 1.807) is 0 Å². The van der Waals surface area contributed by atoms with Crippen LogP contribution in [-0.4, -0.2) is 28.2 Å². The highest BCUT2D eigenvalue weighted by Crippen LogP contribution is 2.43. The number of hydrogen-bond acceptors (Lipinski definition) is 2. The summed E-state index contributed by atoms with van der Waals surface area (Å²) in [7, 11) is 0. The molecule has 0 bridgehead atoms. The smallest absolute Gasteiger partial charge is 0.166 e. The second-order valence-electron chi connectivity index (χ2n) is 17.8. The molecule has 0 saturated heterocycles. The van der Waals surface area contributed by atoms with E-state index in [2.05, 4.69) is 190 Å². The van der Waals surface area contributed by atoms with Gasteiger partial charge in [-0.3, -0.25) is 9.13 Å². The maximum Gasteiger partial charge on any atom is 0.166 e. The van der Waals surface area contributed by atoms with Crippen molar-refractivity contribution in [2.24, 2.45) is 0 Å². The van der Waals surface area contributed by atoms with Crippen LogP contribution in [0, 0.1) is 0 Å². The summed E-state index contributed by atoms with van der Waals surface area (Å²) >= 11 is 0. The third-order valence-corrected chi connectivity index (χ3v) is 14.1. The fourth-order valence-corrected chi connectivity index (χ4v) is 11.2. The van der Waals surface area contributed by atoms with Crippen LogP contribution in [0.3, 0.4) is 0 Å². The van der Waals surface area contributed by atoms with Gasteiger partial charge in [-0.25, -0.2) is 9.97 Å². The molecule has 326 valence electrons. The molecule has 0 radical (unpaired) electrons. The number of benzene rings is 10. The van der Waals surface area contributed by atoms with Crippen molar-refractivity contribution in [3.63, 3.8) is 0 Å². The number of para-hydroxylation sites is 8. The minimum Gasteiger partial charge on any atom is -0.309 e. The first-order chi connectivity index (χ1) is 36.4. The molecule has 0 unspecified atom stereocenters. The Kier molecular flexibility index (Phi) is 7.44. The van der Waals surface area contributed by atoms with Gasteiger partial charge >= 0.3 is 0 Å². The lowest BCUT2D eigenvalue weighted by atomic mass is 9.96. The molecule has 15 rings (SSSR count). The Morgan fingerprint density at radius 2 is 0.700 bits per heavy atom. The second-order valence-corrected chi connectivity index (χ2v) is 17.8. The first kappa shape index (κ1) is 34.7. The summed E-state index contributed by atoms with van der Waals surface area (Å²) < 4.78 is 45.2. The van der Waals surface area contributed by atoms with Gasteiger partial charge in [0.15, 0.2) is 5.82 Å². The minimum atomic E-state index is -0.313. The van der Waals surface area contributed by atoms with Gasteiger partial charge in [0.1, 0.15) is 11.6 Å². The van der Waals surface area contributed by atoms with E-state index in [1.165, 1.54) is 10.8 Å². The zero-order valence-corrected chi connectivity index (χ0v) is 37.5. The molecule has 70 heavy (non-hydrogen) atoms. The molecule has 5 aromatic heterocycles. The monoisotopic (exact) mass is 896 g/mol. The number of rotatable bonds is 6. The Labute approximate surface area is 407 Å². The van der Waals surface area contributed by atoms with Crippen molar-refractivity contribution in [1.29, 1.82) is 0 Å². The highest BCUT2D eigenvalue weighted by atomic mass is 15.2. The molecule has 15 aromatic rings. The zero-order chi connectivity index (χ0) is 49.3. The molecule has 0 saturated carbocycles. The molecule has 0 atom stereocenters.